The third kappa shape index (κ3) is 3.61. The highest BCUT2D eigenvalue weighted by Crippen LogP contribution is 2.48. The van der Waals surface area contributed by atoms with Crippen LogP contribution >= 0.6 is 11.6 Å². The van der Waals surface area contributed by atoms with Crippen LogP contribution in [0.25, 0.3) is 22.2 Å². The first-order chi connectivity index (χ1) is 16.8. The maximum atomic E-state index is 13.6. The normalized spacial score (nSPS) is 15.9. The average molecular weight is 500 g/mol. The predicted octanol–water partition coefficient (Wildman–Crippen LogP) is 4.61. The SMILES string of the molecule is O=C(Cn1nc(-c2cccc(Cl)c2)c2occc2c1=O)N1CCCc2c1ccc1c2OC(F)(F)O1. The Hall–Kier alpha value is -3.92. The average Bonchev–Trinajstić information content (AvgIpc) is 3.44. The summed E-state index contributed by atoms with van der Waals surface area (Å²) in [6.07, 6.45) is -1.40. The van der Waals surface area contributed by atoms with Crippen molar-refractivity contribution in [1.82, 2.24) is 9.78 Å². The van der Waals surface area contributed by atoms with Crippen molar-refractivity contribution in [2.45, 2.75) is 25.7 Å². The van der Waals surface area contributed by atoms with Gasteiger partial charge >= 0.3 is 6.29 Å². The highest BCUT2D eigenvalue weighted by molar-refractivity contribution is 6.30. The van der Waals surface area contributed by atoms with Crippen LogP contribution in [0.3, 0.4) is 0 Å². The van der Waals surface area contributed by atoms with Crippen LogP contribution in [-0.4, -0.2) is 28.5 Å². The summed E-state index contributed by atoms with van der Waals surface area (Å²) in [6, 6.07) is 11.3. The number of rotatable bonds is 3. The topological polar surface area (TPSA) is 86.8 Å². The Kier molecular flexibility index (Phi) is 4.82. The number of amides is 1. The molecule has 0 unspecified atom stereocenters. The summed E-state index contributed by atoms with van der Waals surface area (Å²) < 4.78 is 43.0. The Morgan fingerprint density at radius 3 is 2.86 bits per heavy atom. The molecule has 2 aromatic heterocycles. The number of carbonyl (C=O) groups is 1. The van der Waals surface area contributed by atoms with Crippen LogP contribution in [0.2, 0.25) is 5.02 Å². The minimum atomic E-state index is -3.75. The maximum Gasteiger partial charge on any atom is 0.586 e. The minimum Gasteiger partial charge on any atom is -0.462 e. The Balaban J connectivity index is 1.38. The van der Waals surface area contributed by atoms with Gasteiger partial charge in [-0.05, 0) is 43.2 Å². The van der Waals surface area contributed by atoms with Gasteiger partial charge in [-0.25, -0.2) is 4.68 Å². The molecule has 0 atom stereocenters. The molecule has 1 amide bonds. The highest BCUT2D eigenvalue weighted by atomic mass is 35.5. The highest BCUT2D eigenvalue weighted by Gasteiger charge is 2.45. The molecule has 4 heterocycles. The van der Waals surface area contributed by atoms with Crippen molar-refractivity contribution >= 4 is 34.2 Å². The molecule has 0 radical (unpaired) electrons. The molecule has 0 saturated carbocycles. The monoisotopic (exact) mass is 499 g/mol. The second-order valence-electron chi connectivity index (χ2n) is 8.19. The predicted molar refractivity (Wildman–Crippen MR) is 122 cm³/mol. The zero-order valence-corrected chi connectivity index (χ0v) is 18.7. The molecule has 0 fully saturated rings. The van der Waals surface area contributed by atoms with E-state index >= 15 is 0 Å². The van der Waals surface area contributed by atoms with E-state index < -0.39 is 17.8 Å². The van der Waals surface area contributed by atoms with Crippen LogP contribution < -0.4 is 19.9 Å². The van der Waals surface area contributed by atoms with Crippen molar-refractivity contribution < 1.29 is 27.5 Å². The molecule has 2 aliphatic rings. The molecule has 2 aliphatic heterocycles. The van der Waals surface area contributed by atoms with Gasteiger partial charge in [-0.15, -0.1) is 8.78 Å². The Morgan fingerprint density at radius 1 is 1.17 bits per heavy atom. The van der Waals surface area contributed by atoms with Crippen LogP contribution in [0.5, 0.6) is 11.5 Å². The van der Waals surface area contributed by atoms with Gasteiger partial charge in [0.25, 0.3) is 5.56 Å². The first-order valence-electron chi connectivity index (χ1n) is 10.8. The van der Waals surface area contributed by atoms with E-state index in [2.05, 4.69) is 14.6 Å². The molecule has 4 aromatic rings. The maximum absolute atomic E-state index is 13.6. The van der Waals surface area contributed by atoms with Crippen molar-refractivity contribution in [3.05, 3.63) is 69.7 Å². The van der Waals surface area contributed by atoms with Gasteiger partial charge in [-0.3, -0.25) is 9.59 Å². The number of fused-ring (bicyclic) bond motifs is 4. The second kappa shape index (κ2) is 7.81. The van der Waals surface area contributed by atoms with Gasteiger partial charge < -0.3 is 18.8 Å². The zero-order chi connectivity index (χ0) is 24.3. The van der Waals surface area contributed by atoms with Gasteiger partial charge in [0.05, 0.1) is 17.3 Å². The first-order valence-corrected chi connectivity index (χ1v) is 11.1. The van der Waals surface area contributed by atoms with Gasteiger partial charge in [0.1, 0.15) is 12.2 Å². The van der Waals surface area contributed by atoms with E-state index in [1.807, 2.05) is 0 Å². The zero-order valence-electron chi connectivity index (χ0n) is 18.0. The molecule has 35 heavy (non-hydrogen) atoms. The van der Waals surface area contributed by atoms with Crippen LogP contribution in [0.4, 0.5) is 14.5 Å². The van der Waals surface area contributed by atoms with E-state index in [9.17, 15) is 18.4 Å². The van der Waals surface area contributed by atoms with Crippen molar-refractivity contribution in [3.8, 4) is 22.8 Å². The molecule has 0 bridgehead atoms. The molecule has 0 N–H and O–H groups in total. The molecule has 6 rings (SSSR count). The summed E-state index contributed by atoms with van der Waals surface area (Å²) in [5.41, 5.74) is 1.69. The smallest absolute Gasteiger partial charge is 0.462 e. The third-order valence-electron chi connectivity index (χ3n) is 6.00. The molecular weight excluding hydrogens is 484 g/mol. The van der Waals surface area contributed by atoms with E-state index in [1.165, 1.54) is 23.3 Å². The third-order valence-corrected chi connectivity index (χ3v) is 6.23. The van der Waals surface area contributed by atoms with Crippen LogP contribution in [0.15, 0.2) is 57.9 Å². The van der Waals surface area contributed by atoms with Gasteiger partial charge in [0.15, 0.2) is 17.1 Å². The number of halogens is 3. The van der Waals surface area contributed by atoms with Crippen LogP contribution in [0.1, 0.15) is 12.0 Å². The number of carbonyl (C=O) groups excluding carboxylic acids is 1. The van der Waals surface area contributed by atoms with Crippen LogP contribution in [0, 0.1) is 0 Å². The molecular formula is C24H16ClF2N3O5. The van der Waals surface area contributed by atoms with Gasteiger partial charge in [-0.2, -0.15) is 5.10 Å². The fourth-order valence-corrected chi connectivity index (χ4v) is 4.69. The fourth-order valence-electron chi connectivity index (χ4n) is 4.50. The molecule has 11 heteroatoms. The molecule has 0 saturated heterocycles. The lowest BCUT2D eigenvalue weighted by atomic mass is 10.00. The van der Waals surface area contributed by atoms with Crippen molar-refractivity contribution in [2.24, 2.45) is 0 Å². The minimum absolute atomic E-state index is 0.0663. The summed E-state index contributed by atoms with van der Waals surface area (Å²) in [4.78, 5) is 27.9. The van der Waals surface area contributed by atoms with E-state index in [0.717, 1.165) is 4.68 Å². The Bertz CT molecular complexity index is 1560. The van der Waals surface area contributed by atoms with Gasteiger partial charge in [0, 0.05) is 22.7 Å². The number of hydrogen-bond donors (Lipinski definition) is 0. The van der Waals surface area contributed by atoms with Gasteiger partial charge in [0.2, 0.25) is 5.91 Å². The fraction of sp³-hybridized carbons (Fsp3) is 0.208. The lowest BCUT2D eigenvalue weighted by molar-refractivity contribution is -0.286. The van der Waals surface area contributed by atoms with Gasteiger partial charge in [-0.1, -0.05) is 23.7 Å². The molecule has 2 aromatic carbocycles. The summed E-state index contributed by atoms with van der Waals surface area (Å²) in [6.45, 7) is -0.0106. The number of benzene rings is 2. The molecule has 178 valence electrons. The van der Waals surface area contributed by atoms with E-state index in [1.54, 1.807) is 30.3 Å². The van der Waals surface area contributed by atoms with E-state index in [0.29, 0.717) is 46.9 Å². The standard InChI is InChI=1S/C24H16ClF2N3O5/c25-14-4-1-3-13(11-14)20-22-16(8-10-33-22)23(32)30(28-20)12-19(31)29-9-2-5-15-17(29)6-7-18-21(15)35-24(26,27)34-18/h1,3-4,6-8,10-11H,2,5,9,12H2. The van der Waals surface area contributed by atoms with Crippen molar-refractivity contribution in [2.75, 3.05) is 11.4 Å². The number of nitrogens with zero attached hydrogens (tertiary/aromatic N) is 3. The number of anilines is 1. The van der Waals surface area contributed by atoms with Crippen molar-refractivity contribution in [1.29, 1.82) is 0 Å². The lowest BCUT2D eigenvalue weighted by Gasteiger charge is -2.30. The summed E-state index contributed by atoms with van der Waals surface area (Å²) in [7, 11) is 0. The number of ether oxygens (including phenoxy) is 2. The summed E-state index contributed by atoms with van der Waals surface area (Å²) in [5, 5.41) is 5.16. The molecule has 0 aliphatic carbocycles. The Labute approximate surface area is 201 Å². The molecule has 0 spiro atoms. The Morgan fingerprint density at radius 2 is 2.03 bits per heavy atom. The number of aromatic nitrogens is 2. The quantitative estimate of drug-likeness (QED) is 0.409. The summed E-state index contributed by atoms with van der Waals surface area (Å²) >= 11 is 6.13. The van der Waals surface area contributed by atoms with E-state index in [4.69, 9.17) is 16.0 Å². The first kappa shape index (κ1) is 21.6. The van der Waals surface area contributed by atoms with E-state index in [-0.39, 0.29) is 29.0 Å². The van der Waals surface area contributed by atoms with Crippen molar-refractivity contribution in [3.63, 3.8) is 0 Å². The molecule has 8 nitrogen and oxygen atoms in total. The van der Waals surface area contributed by atoms with Crippen LogP contribution in [-0.2, 0) is 17.8 Å². The number of alkyl halides is 2. The largest absolute Gasteiger partial charge is 0.586 e. The lowest BCUT2D eigenvalue weighted by Crippen LogP contribution is -2.40. The number of furan rings is 1. The number of hydrogen-bond acceptors (Lipinski definition) is 6. The summed E-state index contributed by atoms with van der Waals surface area (Å²) in [5.74, 6) is -0.563. The second-order valence-corrected chi connectivity index (χ2v) is 8.63.